The largest absolute Gasteiger partial charge is 0.464 e. The molecule has 156 valence electrons. The number of nitrogens with zero attached hydrogens (tertiary/aromatic N) is 1. The Labute approximate surface area is 173 Å². The summed E-state index contributed by atoms with van der Waals surface area (Å²) < 4.78 is 11.0. The molecule has 1 aliphatic rings. The summed E-state index contributed by atoms with van der Waals surface area (Å²) in [5, 5.41) is 0.0306. The quantitative estimate of drug-likeness (QED) is 0.380. The number of unbranched alkanes of at least 4 members (excludes halogenated alkanes) is 3. The molecule has 5 nitrogen and oxygen atoms in total. The van der Waals surface area contributed by atoms with Crippen LogP contribution in [0.5, 0.6) is 0 Å². The van der Waals surface area contributed by atoms with E-state index in [2.05, 4.69) is 13.8 Å². The first-order chi connectivity index (χ1) is 13.7. The lowest BCUT2D eigenvalue weighted by Crippen LogP contribution is -2.47. The molecule has 28 heavy (non-hydrogen) atoms. The van der Waals surface area contributed by atoms with Gasteiger partial charge in [0.15, 0.2) is 0 Å². The summed E-state index contributed by atoms with van der Waals surface area (Å²) in [7, 11) is 0. The lowest BCUT2D eigenvalue weighted by Gasteiger charge is -2.28. The number of carbonyl (C=O) groups is 2. The van der Waals surface area contributed by atoms with Gasteiger partial charge in [-0.15, -0.1) is 11.8 Å². The number of amides is 1. The Bertz CT molecular complexity index is 595. The molecule has 0 N–H and O–H groups in total. The van der Waals surface area contributed by atoms with E-state index in [4.69, 9.17) is 9.47 Å². The standard InChI is InChI=1S/C22H33NO4S/c1-3-5-8-13-21-23(19(17-28-21)22(25)27-14-6-4-2)20(24)16-26-15-18-11-9-7-10-12-18/h7,9-12,19,21H,3-6,8,13-17H2,1-2H3. The third-order valence-corrected chi connectivity index (χ3v) is 6.14. The number of thioether (sulfide) groups is 1. The zero-order valence-corrected chi connectivity index (χ0v) is 17.9. The molecular formula is C22H33NO4S. The third-order valence-electron chi connectivity index (χ3n) is 4.79. The summed E-state index contributed by atoms with van der Waals surface area (Å²) in [6, 6.07) is 9.29. The van der Waals surface area contributed by atoms with E-state index in [1.54, 1.807) is 16.7 Å². The highest BCUT2D eigenvalue weighted by Gasteiger charge is 2.41. The molecule has 0 aliphatic carbocycles. The minimum absolute atomic E-state index is 0.0154. The molecular weight excluding hydrogens is 374 g/mol. The van der Waals surface area contributed by atoms with Crippen molar-refractivity contribution in [2.45, 2.75) is 70.4 Å². The summed E-state index contributed by atoms with van der Waals surface area (Å²) in [4.78, 5) is 27.2. The third kappa shape index (κ3) is 7.13. The van der Waals surface area contributed by atoms with E-state index < -0.39 is 6.04 Å². The van der Waals surface area contributed by atoms with Gasteiger partial charge in [0, 0.05) is 5.75 Å². The predicted octanol–water partition coefficient (Wildman–Crippen LogP) is 4.40. The highest BCUT2D eigenvalue weighted by molar-refractivity contribution is 8.00. The van der Waals surface area contributed by atoms with Crippen molar-refractivity contribution in [2.24, 2.45) is 0 Å². The predicted molar refractivity (Wildman–Crippen MR) is 113 cm³/mol. The van der Waals surface area contributed by atoms with Gasteiger partial charge in [0.05, 0.1) is 18.6 Å². The van der Waals surface area contributed by atoms with Gasteiger partial charge < -0.3 is 14.4 Å². The number of hydrogen-bond donors (Lipinski definition) is 0. The summed E-state index contributed by atoms with van der Waals surface area (Å²) >= 11 is 1.68. The van der Waals surface area contributed by atoms with Crippen LogP contribution >= 0.6 is 11.8 Å². The molecule has 1 aromatic carbocycles. The van der Waals surface area contributed by atoms with Crippen molar-refractivity contribution in [1.29, 1.82) is 0 Å². The van der Waals surface area contributed by atoms with Crippen LogP contribution in [0.3, 0.4) is 0 Å². The fraction of sp³-hybridized carbons (Fsp3) is 0.636. The van der Waals surface area contributed by atoms with Crippen molar-refractivity contribution in [1.82, 2.24) is 4.90 Å². The SMILES string of the molecule is CCCCCC1SCC(C(=O)OCCCC)N1C(=O)COCc1ccccc1. The maximum absolute atomic E-state index is 12.9. The fourth-order valence-electron chi connectivity index (χ4n) is 3.19. The number of benzene rings is 1. The molecule has 2 unspecified atom stereocenters. The number of hydrogen-bond acceptors (Lipinski definition) is 5. The number of rotatable bonds is 12. The zero-order valence-electron chi connectivity index (χ0n) is 17.1. The number of carbonyl (C=O) groups excluding carboxylic acids is 2. The molecule has 0 radical (unpaired) electrons. The Morgan fingerprint density at radius 1 is 1.11 bits per heavy atom. The zero-order chi connectivity index (χ0) is 20.2. The first-order valence-electron chi connectivity index (χ1n) is 10.4. The van der Waals surface area contributed by atoms with E-state index in [0.29, 0.717) is 19.0 Å². The van der Waals surface area contributed by atoms with Gasteiger partial charge in [0.1, 0.15) is 12.6 Å². The summed E-state index contributed by atoms with van der Waals surface area (Å²) in [6.45, 7) is 5.01. The van der Waals surface area contributed by atoms with Gasteiger partial charge >= 0.3 is 5.97 Å². The minimum Gasteiger partial charge on any atom is -0.464 e. The van der Waals surface area contributed by atoms with Gasteiger partial charge in [-0.1, -0.05) is 69.9 Å². The van der Waals surface area contributed by atoms with E-state index in [1.807, 2.05) is 30.3 Å². The molecule has 2 atom stereocenters. The van der Waals surface area contributed by atoms with Crippen LogP contribution in [0.4, 0.5) is 0 Å². The second-order valence-corrected chi connectivity index (χ2v) is 8.31. The van der Waals surface area contributed by atoms with Crippen molar-refractivity contribution in [2.75, 3.05) is 19.0 Å². The molecule has 2 rings (SSSR count). The second kappa shape index (κ2) is 12.8. The van der Waals surface area contributed by atoms with E-state index in [9.17, 15) is 9.59 Å². The smallest absolute Gasteiger partial charge is 0.329 e. The Balaban J connectivity index is 1.94. The average Bonchev–Trinajstić information content (AvgIpc) is 3.13. The highest BCUT2D eigenvalue weighted by atomic mass is 32.2. The molecule has 0 spiro atoms. The van der Waals surface area contributed by atoms with Gasteiger partial charge in [-0.25, -0.2) is 4.79 Å². The van der Waals surface area contributed by atoms with Gasteiger partial charge in [0.25, 0.3) is 0 Å². The Morgan fingerprint density at radius 2 is 1.86 bits per heavy atom. The van der Waals surface area contributed by atoms with Crippen LogP contribution in [-0.2, 0) is 25.7 Å². The van der Waals surface area contributed by atoms with Gasteiger partial charge in [-0.3, -0.25) is 4.79 Å². The van der Waals surface area contributed by atoms with Crippen molar-refractivity contribution in [3.63, 3.8) is 0 Å². The monoisotopic (exact) mass is 407 g/mol. The summed E-state index contributed by atoms with van der Waals surface area (Å²) in [5.41, 5.74) is 1.03. The van der Waals surface area contributed by atoms with Crippen LogP contribution in [0.2, 0.25) is 0 Å². The van der Waals surface area contributed by atoms with Gasteiger partial charge in [0.2, 0.25) is 5.91 Å². The molecule has 1 aromatic rings. The molecule has 1 heterocycles. The van der Waals surface area contributed by atoms with Crippen LogP contribution in [0.25, 0.3) is 0 Å². The number of ether oxygens (including phenoxy) is 2. The van der Waals surface area contributed by atoms with Gasteiger partial charge in [-0.2, -0.15) is 0 Å². The van der Waals surface area contributed by atoms with Crippen LogP contribution in [-0.4, -0.2) is 47.2 Å². The van der Waals surface area contributed by atoms with E-state index in [-0.39, 0.29) is 23.9 Å². The lowest BCUT2D eigenvalue weighted by atomic mass is 10.1. The van der Waals surface area contributed by atoms with Crippen molar-refractivity contribution in [3.8, 4) is 0 Å². The maximum Gasteiger partial charge on any atom is 0.329 e. The van der Waals surface area contributed by atoms with Crippen molar-refractivity contribution >= 4 is 23.6 Å². The topological polar surface area (TPSA) is 55.8 Å². The average molecular weight is 408 g/mol. The van der Waals surface area contributed by atoms with E-state index in [1.165, 1.54) is 0 Å². The Kier molecular flexibility index (Phi) is 10.4. The summed E-state index contributed by atoms with van der Waals surface area (Å²) in [5.74, 6) is 0.196. The fourth-order valence-corrected chi connectivity index (χ4v) is 4.65. The molecule has 6 heteroatoms. The lowest BCUT2D eigenvalue weighted by molar-refractivity contribution is -0.155. The Hall–Kier alpha value is -1.53. The van der Waals surface area contributed by atoms with Crippen LogP contribution in [0.15, 0.2) is 30.3 Å². The van der Waals surface area contributed by atoms with Crippen LogP contribution in [0.1, 0.15) is 57.9 Å². The molecule has 1 amide bonds. The normalized spacial score (nSPS) is 19.0. The maximum atomic E-state index is 12.9. The van der Waals surface area contributed by atoms with Crippen LogP contribution in [0, 0.1) is 0 Å². The highest BCUT2D eigenvalue weighted by Crippen LogP contribution is 2.33. The first-order valence-corrected chi connectivity index (χ1v) is 11.4. The number of esters is 1. The molecule has 1 fully saturated rings. The first kappa shape index (κ1) is 22.8. The molecule has 0 saturated carbocycles. The summed E-state index contributed by atoms with van der Waals surface area (Å²) in [6.07, 6.45) is 6.05. The Morgan fingerprint density at radius 3 is 2.57 bits per heavy atom. The van der Waals surface area contributed by atoms with Crippen LogP contribution < -0.4 is 0 Å². The minimum atomic E-state index is -0.499. The second-order valence-electron chi connectivity index (χ2n) is 7.10. The van der Waals surface area contributed by atoms with Crippen molar-refractivity contribution < 1.29 is 19.1 Å². The molecule has 1 saturated heterocycles. The van der Waals surface area contributed by atoms with E-state index >= 15 is 0 Å². The van der Waals surface area contributed by atoms with Gasteiger partial charge in [-0.05, 0) is 18.4 Å². The van der Waals surface area contributed by atoms with E-state index in [0.717, 1.165) is 44.1 Å². The molecule has 0 aromatic heterocycles. The van der Waals surface area contributed by atoms with Crippen molar-refractivity contribution in [3.05, 3.63) is 35.9 Å². The molecule has 1 aliphatic heterocycles. The molecule has 0 bridgehead atoms.